The van der Waals surface area contributed by atoms with Crippen LogP contribution in [0.2, 0.25) is 0 Å². The van der Waals surface area contributed by atoms with E-state index in [1.54, 1.807) is 6.07 Å². The second-order valence-corrected chi connectivity index (χ2v) is 5.26. The van der Waals surface area contributed by atoms with Crippen LogP contribution in [0.25, 0.3) is 11.0 Å². The Labute approximate surface area is 110 Å². The Bertz CT molecular complexity index is 576. The quantitative estimate of drug-likeness (QED) is 0.780. The predicted molar refractivity (Wildman–Crippen MR) is 68.4 cm³/mol. The fourth-order valence-corrected chi connectivity index (χ4v) is 2.63. The molecule has 0 spiro atoms. The minimum absolute atomic E-state index is 0.207. The van der Waals surface area contributed by atoms with E-state index in [9.17, 15) is 4.39 Å². The molecular formula is C13H14ClFN2O. The first kappa shape index (κ1) is 11.9. The maximum atomic E-state index is 13.2. The summed E-state index contributed by atoms with van der Waals surface area (Å²) in [6.07, 6.45) is 0.944. The summed E-state index contributed by atoms with van der Waals surface area (Å²) in [4.78, 5) is 4.45. The molecule has 0 N–H and O–H groups in total. The van der Waals surface area contributed by atoms with Crippen molar-refractivity contribution >= 4 is 22.6 Å². The smallest absolute Gasteiger partial charge is 0.128 e. The normalized spacial score (nSPS) is 21.6. The molecule has 1 aromatic carbocycles. The first-order valence-electron chi connectivity index (χ1n) is 6.06. The number of imidazole rings is 1. The second-order valence-electron chi connectivity index (χ2n) is 4.61. The molecule has 0 amide bonds. The molecule has 96 valence electrons. The number of benzene rings is 1. The topological polar surface area (TPSA) is 27.1 Å². The highest BCUT2D eigenvalue weighted by Crippen LogP contribution is 2.31. The number of nitrogens with zero attached hydrogens (tertiary/aromatic N) is 2. The largest absolute Gasteiger partial charge is 0.379 e. The Morgan fingerprint density at radius 1 is 1.56 bits per heavy atom. The third-order valence-electron chi connectivity index (χ3n) is 3.31. The van der Waals surface area contributed by atoms with Crippen molar-refractivity contribution < 1.29 is 9.13 Å². The van der Waals surface area contributed by atoms with Gasteiger partial charge in [-0.2, -0.15) is 0 Å². The summed E-state index contributed by atoms with van der Waals surface area (Å²) in [6, 6.07) is 4.92. The third kappa shape index (κ3) is 1.89. The zero-order valence-electron chi connectivity index (χ0n) is 10.1. The Morgan fingerprint density at radius 2 is 2.39 bits per heavy atom. The molecule has 3 rings (SSSR count). The number of halogens is 2. The summed E-state index contributed by atoms with van der Waals surface area (Å²) in [6.45, 7) is 3.30. The van der Waals surface area contributed by atoms with E-state index in [-0.39, 0.29) is 17.2 Å². The first-order chi connectivity index (χ1) is 8.66. The summed E-state index contributed by atoms with van der Waals surface area (Å²) >= 11 is 6.18. The van der Waals surface area contributed by atoms with E-state index in [1.165, 1.54) is 12.1 Å². The molecular weight excluding hydrogens is 255 g/mol. The number of aromatic nitrogens is 2. The lowest BCUT2D eigenvalue weighted by molar-refractivity contribution is 0.186. The molecule has 1 fully saturated rings. The molecule has 18 heavy (non-hydrogen) atoms. The van der Waals surface area contributed by atoms with Gasteiger partial charge in [0, 0.05) is 12.7 Å². The second kappa shape index (κ2) is 4.52. The SMILES string of the molecule is CC(Cl)c1nc2cc(F)ccc2n1C1CCOC1. The number of fused-ring (bicyclic) bond motifs is 1. The van der Waals surface area contributed by atoms with Crippen molar-refractivity contribution in [1.82, 2.24) is 9.55 Å². The third-order valence-corrected chi connectivity index (χ3v) is 3.50. The van der Waals surface area contributed by atoms with Crippen molar-refractivity contribution in [3.63, 3.8) is 0 Å². The van der Waals surface area contributed by atoms with Crippen molar-refractivity contribution in [3.8, 4) is 0 Å². The van der Waals surface area contributed by atoms with Crippen molar-refractivity contribution in [3.05, 3.63) is 29.8 Å². The van der Waals surface area contributed by atoms with Gasteiger partial charge in [0.15, 0.2) is 0 Å². The summed E-state index contributed by atoms with van der Waals surface area (Å²) in [5, 5.41) is -0.207. The average molecular weight is 269 g/mol. The van der Waals surface area contributed by atoms with E-state index >= 15 is 0 Å². The molecule has 1 aliphatic rings. The molecule has 1 aliphatic heterocycles. The first-order valence-corrected chi connectivity index (χ1v) is 6.49. The van der Waals surface area contributed by atoms with E-state index in [1.807, 2.05) is 6.92 Å². The van der Waals surface area contributed by atoms with E-state index in [0.717, 1.165) is 24.4 Å². The zero-order chi connectivity index (χ0) is 12.7. The number of hydrogen-bond donors (Lipinski definition) is 0. The highest BCUT2D eigenvalue weighted by molar-refractivity contribution is 6.20. The Morgan fingerprint density at radius 3 is 3.06 bits per heavy atom. The van der Waals surface area contributed by atoms with E-state index < -0.39 is 0 Å². The van der Waals surface area contributed by atoms with E-state index in [0.29, 0.717) is 12.1 Å². The van der Waals surface area contributed by atoms with Gasteiger partial charge in [-0.3, -0.25) is 0 Å². The van der Waals surface area contributed by atoms with Gasteiger partial charge < -0.3 is 9.30 Å². The number of hydrogen-bond acceptors (Lipinski definition) is 2. The van der Waals surface area contributed by atoms with Crippen LogP contribution >= 0.6 is 11.6 Å². The van der Waals surface area contributed by atoms with Crippen LogP contribution in [0.1, 0.15) is 30.6 Å². The van der Waals surface area contributed by atoms with E-state index in [4.69, 9.17) is 16.3 Å². The van der Waals surface area contributed by atoms with Gasteiger partial charge in [0.25, 0.3) is 0 Å². The van der Waals surface area contributed by atoms with Crippen molar-refractivity contribution in [2.24, 2.45) is 0 Å². The minimum atomic E-state index is -0.274. The Balaban J connectivity index is 2.21. The Kier molecular flexibility index (Phi) is 2.99. The monoisotopic (exact) mass is 268 g/mol. The summed E-state index contributed by atoms with van der Waals surface area (Å²) < 4.78 is 20.8. The lowest BCUT2D eigenvalue weighted by Crippen LogP contribution is -2.12. The molecule has 2 aromatic rings. The van der Waals surface area contributed by atoms with Crippen molar-refractivity contribution in [1.29, 1.82) is 0 Å². The molecule has 2 unspecified atom stereocenters. The van der Waals surface area contributed by atoms with Crippen LogP contribution in [0, 0.1) is 5.82 Å². The molecule has 5 heteroatoms. The van der Waals surface area contributed by atoms with Crippen LogP contribution in [-0.4, -0.2) is 22.8 Å². The van der Waals surface area contributed by atoms with Gasteiger partial charge in [0.2, 0.25) is 0 Å². The van der Waals surface area contributed by atoms with Crippen molar-refractivity contribution in [2.45, 2.75) is 24.8 Å². The molecule has 0 bridgehead atoms. The molecule has 0 radical (unpaired) electrons. The van der Waals surface area contributed by atoms with Gasteiger partial charge >= 0.3 is 0 Å². The number of ether oxygens (including phenoxy) is 1. The zero-order valence-corrected chi connectivity index (χ0v) is 10.8. The molecule has 1 saturated heterocycles. The maximum Gasteiger partial charge on any atom is 0.128 e. The lowest BCUT2D eigenvalue weighted by atomic mass is 10.2. The van der Waals surface area contributed by atoms with Crippen LogP contribution in [-0.2, 0) is 4.74 Å². The molecule has 0 saturated carbocycles. The fourth-order valence-electron chi connectivity index (χ4n) is 2.48. The van der Waals surface area contributed by atoms with Crippen LogP contribution in [0.5, 0.6) is 0 Å². The van der Waals surface area contributed by atoms with Crippen LogP contribution in [0.15, 0.2) is 18.2 Å². The van der Waals surface area contributed by atoms with Crippen LogP contribution in [0.3, 0.4) is 0 Å². The van der Waals surface area contributed by atoms with Gasteiger partial charge in [-0.15, -0.1) is 11.6 Å². The van der Waals surface area contributed by atoms with Gasteiger partial charge in [-0.1, -0.05) is 0 Å². The standard InChI is InChI=1S/C13H14ClFN2O/c1-8(14)13-16-11-6-9(15)2-3-12(11)17(13)10-4-5-18-7-10/h2-3,6,8,10H,4-5,7H2,1H3. The minimum Gasteiger partial charge on any atom is -0.379 e. The van der Waals surface area contributed by atoms with Gasteiger partial charge in [0.1, 0.15) is 11.6 Å². The molecule has 0 aliphatic carbocycles. The highest BCUT2D eigenvalue weighted by atomic mass is 35.5. The summed E-state index contributed by atoms with van der Waals surface area (Å²) in [5.74, 6) is 0.511. The van der Waals surface area contributed by atoms with Crippen LogP contribution in [0.4, 0.5) is 4.39 Å². The molecule has 2 atom stereocenters. The van der Waals surface area contributed by atoms with Crippen molar-refractivity contribution in [2.75, 3.05) is 13.2 Å². The average Bonchev–Trinajstić information content (AvgIpc) is 2.92. The Hall–Kier alpha value is -1.13. The fraction of sp³-hybridized carbons (Fsp3) is 0.462. The van der Waals surface area contributed by atoms with Gasteiger partial charge in [-0.05, 0) is 25.5 Å². The molecule has 2 heterocycles. The van der Waals surface area contributed by atoms with Gasteiger partial charge in [0.05, 0.1) is 29.1 Å². The number of alkyl halides is 1. The lowest BCUT2D eigenvalue weighted by Gasteiger charge is -2.16. The summed E-state index contributed by atoms with van der Waals surface area (Å²) in [7, 11) is 0. The van der Waals surface area contributed by atoms with Gasteiger partial charge in [-0.25, -0.2) is 9.37 Å². The van der Waals surface area contributed by atoms with E-state index in [2.05, 4.69) is 9.55 Å². The highest BCUT2D eigenvalue weighted by Gasteiger charge is 2.25. The molecule has 3 nitrogen and oxygen atoms in total. The maximum absolute atomic E-state index is 13.2. The van der Waals surface area contributed by atoms with Crippen LogP contribution < -0.4 is 0 Å². The summed E-state index contributed by atoms with van der Waals surface area (Å²) in [5.41, 5.74) is 1.58. The molecule has 1 aromatic heterocycles. The number of rotatable bonds is 2. The predicted octanol–water partition coefficient (Wildman–Crippen LogP) is 3.44.